The van der Waals surface area contributed by atoms with Crippen molar-refractivity contribution < 1.29 is 63.5 Å². The van der Waals surface area contributed by atoms with Crippen LogP contribution in [0.2, 0.25) is 0 Å². The van der Waals surface area contributed by atoms with Gasteiger partial charge in [-0.2, -0.15) is 15.3 Å². The van der Waals surface area contributed by atoms with Gasteiger partial charge in [-0.15, -0.1) is 16.7 Å². The monoisotopic (exact) mass is 2030 g/mol. The summed E-state index contributed by atoms with van der Waals surface area (Å²) in [6, 6.07) is 44.9. The number of hydrogen-bond acceptors (Lipinski definition) is 26. The maximum atomic E-state index is 14.8. The van der Waals surface area contributed by atoms with Gasteiger partial charge in [-0.25, -0.2) is 98.0 Å². The highest BCUT2D eigenvalue weighted by atomic mass is 79.9. The van der Waals surface area contributed by atoms with Crippen LogP contribution in [-0.4, -0.2) is 141 Å². The molecule has 0 aliphatic heterocycles. The summed E-state index contributed by atoms with van der Waals surface area (Å²) in [5, 5.41) is 28.0. The first kappa shape index (κ1) is 101. The summed E-state index contributed by atoms with van der Waals surface area (Å²) in [5.74, 6) is 2.47. The van der Waals surface area contributed by atoms with Crippen molar-refractivity contribution in [2.24, 2.45) is 0 Å². The third-order valence-corrected chi connectivity index (χ3v) is 24.0. The van der Waals surface area contributed by atoms with Crippen LogP contribution < -0.4 is 50.1 Å². The molecule has 12 aromatic heterocycles. The van der Waals surface area contributed by atoms with Crippen LogP contribution in [0.5, 0.6) is 34.5 Å². The fraction of sp³-hybridized carbons (Fsp3) is 0.204. The van der Waals surface area contributed by atoms with Crippen LogP contribution in [0.15, 0.2) is 205 Å². The average molecular weight is 2030 g/mol. The number of halogens is 10. The summed E-state index contributed by atoms with van der Waals surface area (Å²) in [4.78, 5) is 53.8. The normalized spacial score (nSPS) is 11.0. The molecule has 0 aliphatic carbocycles. The lowest BCUT2D eigenvalue weighted by molar-refractivity contribution is 0.391. The van der Waals surface area contributed by atoms with Crippen molar-refractivity contribution in [2.45, 2.75) is 100 Å². The Balaban J connectivity index is 0.000000141. The number of nitrogens with two attached hydrogens (primary N) is 1. The summed E-state index contributed by atoms with van der Waals surface area (Å²) < 4.78 is 153. The van der Waals surface area contributed by atoms with Crippen LogP contribution in [0.3, 0.4) is 0 Å². The van der Waals surface area contributed by atoms with Crippen molar-refractivity contribution in [1.29, 1.82) is 0 Å². The van der Waals surface area contributed by atoms with E-state index in [1.165, 1.54) is 14.6 Å². The smallest absolute Gasteiger partial charge is 0.198 e. The molecule has 0 saturated carbocycles. The van der Waals surface area contributed by atoms with Gasteiger partial charge in [-0.1, -0.05) is 24.3 Å². The molecule has 40 heteroatoms. The van der Waals surface area contributed by atoms with Crippen LogP contribution in [0.25, 0.3) is 67.6 Å². The molecule has 12 heterocycles. The number of benzene rings is 7. The number of ether oxygens (including phenoxy) is 6. The number of rotatable bonds is 26. The largest absolute Gasteiger partial charge is 0.497 e. The highest BCUT2D eigenvalue weighted by molar-refractivity contribution is 9.10. The molecule has 0 unspecified atom stereocenters. The minimum absolute atomic E-state index is 0.0254. The van der Waals surface area contributed by atoms with E-state index in [1.807, 2.05) is 113 Å². The molecule has 5 N–H and O–H groups in total. The molecule has 0 amide bonds. The zero-order chi connectivity index (χ0) is 102. The van der Waals surface area contributed by atoms with Gasteiger partial charge in [-0.05, 0) is 227 Å². The molecule has 0 atom stereocenters. The second-order valence-electron chi connectivity index (χ2n) is 32.3. The Kier molecular flexibility index (Phi) is 31.9. The Morgan fingerprint density at radius 1 is 0.322 bits per heavy atom. The maximum absolute atomic E-state index is 14.8. The minimum atomic E-state index is -0.596. The number of fused-ring (bicyclic) bond motifs is 4. The summed E-state index contributed by atoms with van der Waals surface area (Å²) in [6.07, 6.45) is 8.17. The van der Waals surface area contributed by atoms with Gasteiger partial charge in [0.25, 0.3) is 0 Å². The standard InChI is InChI=1S/2C28H26F2N6O2.C22H20ClF2N5O2.C19H16F2N6.C6H6BrN/c2*1-16-6-5-11-31-23(16)14-25-33-28-27(32-15-18-7-9-20(37-3)13-24(18)38-4)34-26(17(2)36(28)35-25)21-12-19(29)8-10-22(21)30;1-12-20(16-8-14(24)5-7-17(16)25)28-21(22-27-19(10-23)29-30(12)22)26-11-13-4-6-15(31-2)9-18(13)32-3;1-10-4-3-7-23-15(10)9-16-24-19-18(22)25-17(11(2)27(19)26-16)13-8-12(20)5-6-14(13)21;1-5-3-2-4-8-6(5)7/h2*5-13H,14-15H2,1-4H3,(H,32,34);4-9H,10-11H2,1-3H3,(H,26,28);3-8H,9H2,1-2H3,(H2,22,25);2-4H,1H3. The van der Waals surface area contributed by atoms with Crippen LogP contribution in [0.4, 0.5) is 58.4 Å². The number of hydrogen-bond donors (Lipinski definition) is 4. The Morgan fingerprint density at radius 2 is 0.601 bits per heavy atom. The fourth-order valence-electron chi connectivity index (χ4n) is 15.3. The molecule has 0 saturated heterocycles. The Bertz CT molecular complexity index is 7650. The summed E-state index contributed by atoms with van der Waals surface area (Å²) in [7, 11) is 9.47. The second-order valence-corrected chi connectivity index (χ2v) is 33.4. The molecule has 7 aromatic carbocycles. The van der Waals surface area contributed by atoms with Crippen molar-refractivity contribution in [1.82, 2.24) is 98.3 Å². The van der Waals surface area contributed by atoms with E-state index in [1.54, 1.807) is 122 Å². The third-order valence-electron chi connectivity index (χ3n) is 23.0. The average Bonchev–Trinajstić information content (AvgIpc) is 1.64. The van der Waals surface area contributed by atoms with Gasteiger partial charge in [0, 0.05) is 102 Å². The van der Waals surface area contributed by atoms with Crippen molar-refractivity contribution in [3.63, 3.8) is 0 Å². The first-order valence-corrected chi connectivity index (χ1v) is 45.6. The quantitative estimate of drug-likeness (QED) is 0.0222. The van der Waals surface area contributed by atoms with Gasteiger partial charge in [-0.3, -0.25) is 15.0 Å². The molecule has 0 aliphatic rings. The third kappa shape index (κ3) is 23.2. The number of pyridine rings is 4. The predicted molar refractivity (Wildman–Crippen MR) is 530 cm³/mol. The molecule has 19 aromatic rings. The van der Waals surface area contributed by atoms with E-state index in [4.69, 9.17) is 65.7 Å². The lowest BCUT2D eigenvalue weighted by Gasteiger charge is -2.14. The fourth-order valence-corrected chi connectivity index (χ4v) is 15.7. The van der Waals surface area contributed by atoms with Gasteiger partial charge >= 0.3 is 0 Å². The van der Waals surface area contributed by atoms with Crippen LogP contribution in [0.1, 0.15) is 102 Å². The molecular formula is C103H94BrClF8N24O6. The lowest BCUT2D eigenvalue weighted by Crippen LogP contribution is -2.09. The van der Waals surface area contributed by atoms with Crippen LogP contribution >= 0.6 is 27.5 Å². The maximum Gasteiger partial charge on any atom is 0.198 e. The van der Waals surface area contributed by atoms with Crippen LogP contribution in [-0.2, 0) is 44.8 Å². The molecule has 0 radical (unpaired) electrons. The predicted octanol–water partition coefficient (Wildman–Crippen LogP) is 20.8. The highest BCUT2D eigenvalue weighted by Crippen LogP contribution is 2.38. The van der Waals surface area contributed by atoms with Gasteiger partial charge in [0.05, 0.1) is 130 Å². The molecule has 0 spiro atoms. The number of aryl methyl sites for hydroxylation is 8. The number of aromatic nitrogens is 20. The topological polar surface area (TPSA) is 341 Å². The molecule has 19 rings (SSSR count). The number of nitrogens with one attached hydrogen (secondary N) is 3. The Labute approximate surface area is 828 Å². The van der Waals surface area contributed by atoms with Gasteiger partial charge in [0.1, 0.15) is 85.6 Å². The number of nitrogen functional groups attached to an aromatic ring is 1. The molecule has 30 nitrogen and oxygen atoms in total. The zero-order valence-corrected chi connectivity index (χ0v) is 82.1. The van der Waals surface area contributed by atoms with E-state index >= 15 is 0 Å². The highest BCUT2D eigenvalue weighted by Gasteiger charge is 2.27. The number of alkyl halides is 1. The Morgan fingerprint density at radius 3 is 0.881 bits per heavy atom. The van der Waals surface area contributed by atoms with E-state index in [-0.39, 0.29) is 56.7 Å². The van der Waals surface area contributed by atoms with E-state index in [9.17, 15) is 35.1 Å². The summed E-state index contributed by atoms with van der Waals surface area (Å²) >= 11 is 9.21. The van der Waals surface area contributed by atoms with Gasteiger partial charge in [0.2, 0.25) is 0 Å². The summed E-state index contributed by atoms with van der Waals surface area (Å²) in [5.41, 5.74) is 20.2. The molecule has 0 fully saturated rings. The second kappa shape index (κ2) is 45.2. The van der Waals surface area contributed by atoms with Crippen molar-refractivity contribution >= 4 is 73.4 Å². The van der Waals surface area contributed by atoms with Gasteiger partial charge < -0.3 is 50.1 Å². The lowest BCUT2D eigenvalue weighted by atomic mass is 10.1. The van der Waals surface area contributed by atoms with Crippen molar-refractivity contribution in [2.75, 3.05) is 64.3 Å². The molecule has 732 valence electrons. The number of methoxy groups -OCH3 is 6. The molecular weight excluding hydrogens is 1940 g/mol. The first-order valence-electron chi connectivity index (χ1n) is 44.3. The summed E-state index contributed by atoms with van der Waals surface area (Å²) in [6.45, 7) is 15.8. The molecule has 143 heavy (non-hydrogen) atoms. The van der Waals surface area contributed by atoms with Crippen LogP contribution in [0, 0.1) is 102 Å². The van der Waals surface area contributed by atoms with Gasteiger partial charge in [0.15, 0.2) is 69.2 Å². The number of anilines is 4. The van der Waals surface area contributed by atoms with Crippen molar-refractivity contribution in [3.05, 3.63) is 354 Å². The minimum Gasteiger partial charge on any atom is -0.497 e. The Hall–Kier alpha value is -16.5. The zero-order valence-electron chi connectivity index (χ0n) is 79.8. The SMILES string of the molecule is COc1ccc(CNc2nc(-c3cc(F)ccc3F)c(C)n3nc(CCl)nc23)c(OC)c1.COc1ccc(CNc2nc(-c3cc(F)ccc3F)c(C)n3nc(Cc4ncccc4C)nc23)c(OC)c1.COc1ccc(CNc2nc(-c3cc(F)ccc3F)c(C)n3nc(Cc4ncccc4C)nc23)c(OC)c1.Cc1cccnc1Br.Cc1cccnc1Cc1nc2c(N)nc(-c3cc(F)ccc3F)c(C)n2n1. The molecule has 0 bridgehead atoms. The first-order chi connectivity index (χ1) is 68.9. The number of nitrogens with zero attached hydrogens (tertiary/aromatic N) is 20. The van der Waals surface area contributed by atoms with Crippen molar-refractivity contribution in [3.8, 4) is 79.5 Å². The van der Waals surface area contributed by atoms with E-state index in [2.05, 4.69) is 92.1 Å². The van der Waals surface area contributed by atoms with E-state index < -0.39 is 46.5 Å². The van der Waals surface area contributed by atoms with E-state index in [0.717, 1.165) is 128 Å². The van der Waals surface area contributed by atoms with E-state index in [0.29, 0.717) is 160 Å².